The molecule has 10 nitrogen and oxygen atoms in total. The lowest BCUT2D eigenvalue weighted by Crippen LogP contribution is -2.66. The monoisotopic (exact) mass is 471 g/mol. The topological polar surface area (TPSA) is 118 Å². The molecule has 30 heavy (non-hydrogen) atoms. The maximum absolute atomic E-state index is 11.8. The summed E-state index contributed by atoms with van der Waals surface area (Å²) in [4.78, 5) is 48.3. The lowest BCUT2D eigenvalue weighted by molar-refractivity contribution is -0.277. The molecule has 5 unspecified atom stereocenters. The van der Waals surface area contributed by atoms with Crippen LogP contribution in [-0.4, -0.2) is 90.9 Å². The Hall–Kier alpha value is -1.62. The Bertz CT molecular complexity index is 612. The van der Waals surface area contributed by atoms with E-state index >= 15 is 0 Å². The molecule has 1 aliphatic rings. The van der Waals surface area contributed by atoms with Crippen LogP contribution in [0.4, 0.5) is 0 Å². The molecule has 0 aromatic heterocycles. The van der Waals surface area contributed by atoms with Gasteiger partial charge in [-0.2, -0.15) is 0 Å². The highest BCUT2D eigenvalue weighted by molar-refractivity contribution is 6.18. The van der Waals surface area contributed by atoms with Crippen molar-refractivity contribution in [2.75, 3.05) is 31.5 Å². The number of hydrogen-bond donors (Lipinski definition) is 0. The largest absolute Gasteiger partial charge is 0.463 e. The highest BCUT2D eigenvalue weighted by Crippen LogP contribution is 2.31. The van der Waals surface area contributed by atoms with Gasteiger partial charge in [0.05, 0.1) is 0 Å². The molecule has 12 heteroatoms. The van der Waals surface area contributed by atoms with Crippen LogP contribution in [0, 0.1) is 0 Å². The molecule has 5 atom stereocenters. The second-order valence-electron chi connectivity index (χ2n) is 6.50. The van der Waals surface area contributed by atoms with Crippen molar-refractivity contribution < 1.29 is 42.9 Å². The quantitative estimate of drug-likeness (QED) is 0.257. The van der Waals surface area contributed by atoms with Gasteiger partial charge in [-0.05, 0) is 0 Å². The first kappa shape index (κ1) is 26.4. The number of rotatable bonds is 10. The first-order chi connectivity index (χ1) is 14.1. The van der Waals surface area contributed by atoms with Crippen molar-refractivity contribution in [1.82, 2.24) is 4.90 Å². The predicted molar refractivity (Wildman–Crippen MR) is 105 cm³/mol. The van der Waals surface area contributed by atoms with Gasteiger partial charge in [0.2, 0.25) is 0 Å². The van der Waals surface area contributed by atoms with Crippen molar-refractivity contribution in [3.05, 3.63) is 0 Å². The van der Waals surface area contributed by atoms with Crippen LogP contribution in [0.25, 0.3) is 0 Å². The third-order valence-electron chi connectivity index (χ3n) is 4.07. The summed E-state index contributed by atoms with van der Waals surface area (Å²) in [7, 11) is 0. The summed E-state index contributed by atoms with van der Waals surface area (Å²) >= 11 is 11.8. The number of esters is 4. The Labute approximate surface area is 185 Å². The van der Waals surface area contributed by atoms with Gasteiger partial charge in [0, 0.05) is 52.5 Å². The van der Waals surface area contributed by atoms with E-state index < -0.39 is 54.5 Å². The highest BCUT2D eigenvalue weighted by Gasteiger charge is 2.53. The average molecular weight is 472 g/mol. The number of alkyl halides is 2. The highest BCUT2D eigenvalue weighted by atomic mass is 35.5. The molecule has 1 heterocycles. The molecule has 0 radical (unpaired) electrons. The van der Waals surface area contributed by atoms with Crippen LogP contribution in [0.15, 0.2) is 0 Å². The Balaban J connectivity index is 3.41. The summed E-state index contributed by atoms with van der Waals surface area (Å²) in [6.07, 6.45) is -5.53. The lowest BCUT2D eigenvalue weighted by Gasteiger charge is -2.47. The van der Waals surface area contributed by atoms with E-state index in [1.54, 1.807) is 4.90 Å². The zero-order valence-corrected chi connectivity index (χ0v) is 18.8. The van der Waals surface area contributed by atoms with E-state index in [2.05, 4.69) is 0 Å². The van der Waals surface area contributed by atoms with Gasteiger partial charge in [0.15, 0.2) is 24.5 Å². The third-order valence-corrected chi connectivity index (χ3v) is 4.41. The van der Waals surface area contributed by atoms with Crippen LogP contribution in [0.2, 0.25) is 0 Å². The van der Waals surface area contributed by atoms with Gasteiger partial charge in [0.25, 0.3) is 0 Å². The van der Waals surface area contributed by atoms with Crippen LogP contribution in [0.1, 0.15) is 27.7 Å². The average Bonchev–Trinajstić information content (AvgIpc) is 2.62. The van der Waals surface area contributed by atoms with Crippen molar-refractivity contribution in [2.24, 2.45) is 0 Å². The second-order valence-corrected chi connectivity index (χ2v) is 7.26. The third kappa shape index (κ3) is 8.25. The van der Waals surface area contributed by atoms with Crippen LogP contribution >= 0.6 is 23.2 Å². The molecule has 0 saturated carbocycles. The number of nitrogens with zero attached hydrogens (tertiary/aromatic N) is 1. The maximum Gasteiger partial charge on any atom is 0.303 e. The second kappa shape index (κ2) is 12.9. The first-order valence-electron chi connectivity index (χ1n) is 9.27. The Morgan fingerprint density at radius 1 is 0.767 bits per heavy atom. The summed E-state index contributed by atoms with van der Waals surface area (Å²) in [6, 6.07) is 0. The van der Waals surface area contributed by atoms with Crippen molar-refractivity contribution in [1.29, 1.82) is 0 Å². The van der Waals surface area contributed by atoms with E-state index in [1.165, 1.54) is 13.8 Å². The Morgan fingerprint density at radius 3 is 1.67 bits per heavy atom. The van der Waals surface area contributed by atoms with Gasteiger partial charge >= 0.3 is 23.9 Å². The smallest absolute Gasteiger partial charge is 0.303 e. The number of ether oxygens (including phenoxy) is 5. The van der Waals surface area contributed by atoms with Crippen molar-refractivity contribution in [2.45, 2.75) is 58.3 Å². The van der Waals surface area contributed by atoms with E-state index in [1.807, 2.05) is 0 Å². The van der Waals surface area contributed by atoms with Gasteiger partial charge in [-0.3, -0.25) is 24.1 Å². The number of halogens is 2. The summed E-state index contributed by atoms with van der Waals surface area (Å²) < 4.78 is 27.2. The minimum absolute atomic E-state index is 0.212. The molecule has 0 N–H and O–H groups in total. The molecule has 0 aliphatic carbocycles. The minimum Gasteiger partial charge on any atom is -0.463 e. The molecule has 172 valence electrons. The van der Waals surface area contributed by atoms with Gasteiger partial charge < -0.3 is 23.7 Å². The molecule has 0 bridgehead atoms. The molecule has 1 saturated heterocycles. The van der Waals surface area contributed by atoms with E-state index in [9.17, 15) is 19.2 Å². The fourth-order valence-corrected chi connectivity index (χ4v) is 3.52. The standard InChI is InChI=1S/C18H27Cl2NO9/c1-10(22)26-9-14-15(27-11(2)23)16(28-12(3)24)17(29-13(4)25)18(30-14)21(7-5-19)8-6-20/h14-18H,5-9H2,1-4H3. The fourth-order valence-electron chi connectivity index (χ4n) is 3.08. The lowest BCUT2D eigenvalue weighted by atomic mass is 9.96. The Kier molecular flexibility index (Phi) is 11.4. The molecule has 0 aromatic rings. The molecule has 1 rings (SSSR count). The van der Waals surface area contributed by atoms with Gasteiger partial charge in [-0.1, -0.05) is 0 Å². The van der Waals surface area contributed by atoms with E-state index in [0.29, 0.717) is 13.1 Å². The Morgan fingerprint density at radius 2 is 1.23 bits per heavy atom. The molecule has 0 amide bonds. The van der Waals surface area contributed by atoms with E-state index in [0.717, 1.165) is 13.8 Å². The molecule has 0 aromatic carbocycles. The van der Waals surface area contributed by atoms with Crippen molar-refractivity contribution in [3.8, 4) is 0 Å². The van der Waals surface area contributed by atoms with Crippen LogP contribution in [0.3, 0.4) is 0 Å². The maximum atomic E-state index is 11.8. The zero-order valence-electron chi connectivity index (χ0n) is 17.3. The molecule has 1 aliphatic heterocycles. The number of carbonyl (C=O) groups excluding carboxylic acids is 4. The predicted octanol–water partition coefficient (Wildman–Crippen LogP) is 0.849. The number of hydrogen-bond acceptors (Lipinski definition) is 10. The SMILES string of the molecule is CC(=O)OCC1OC(N(CCCl)CCCl)C(OC(C)=O)C(OC(C)=O)C1OC(C)=O. The molecular weight excluding hydrogens is 445 g/mol. The number of carbonyl (C=O) groups is 4. The zero-order chi connectivity index (χ0) is 22.8. The van der Waals surface area contributed by atoms with Gasteiger partial charge in [-0.15, -0.1) is 23.2 Å². The van der Waals surface area contributed by atoms with Gasteiger partial charge in [-0.25, -0.2) is 0 Å². The summed E-state index contributed by atoms with van der Waals surface area (Å²) in [5.41, 5.74) is 0. The molecular formula is C18H27Cl2NO9. The van der Waals surface area contributed by atoms with Gasteiger partial charge in [0.1, 0.15) is 12.7 Å². The van der Waals surface area contributed by atoms with E-state index in [-0.39, 0.29) is 18.4 Å². The fraction of sp³-hybridized carbons (Fsp3) is 0.778. The van der Waals surface area contributed by atoms with Crippen LogP contribution in [0.5, 0.6) is 0 Å². The van der Waals surface area contributed by atoms with Crippen molar-refractivity contribution in [3.63, 3.8) is 0 Å². The minimum atomic E-state index is -1.22. The summed E-state index contributed by atoms with van der Waals surface area (Å²) in [5.74, 6) is -2.20. The van der Waals surface area contributed by atoms with Crippen molar-refractivity contribution >= 4 is 47.1 Å². The molecule has 1 fully saturated rings. The summed E-state index contributed by atoms with van der Waals surface area (Å²) in [5, 5.41) is 0. The van der Waals surface area contributed by atoms with Crippen LogP contribution in [-0.2, 0) is 42.9 Å². The summed E-state index contributed by atoms with van der Waals surface area (Å²) in [6.45, 7) is 5.04. The van der Waals surface area contributed by atoms with Crippen LogP contribution < -0.4 is 0 Å². The van der Waals surface area contributed by atoms with E-state index in [4.69, 9.17) is 46.9 Å². The molecule has 0 spiro atoms. The normalized spacial score (nSPS) is 26.0. The first-order valence-corrected chi connectivity index (χ1v) is 10.3.